The first-order chi connectivity index (χ1) is 31.5. The number of aryl methyl sites for hydroxylation is 4. The first-order valence-electron chi connectivity index (χ1n) is 24.0. The molecule has 8 aromatic carbocycles. The van der Waals surface area contributed by atoms with Gasteiger partial charge in [-0.1, -0.05) is 266 Å². The third-order valence-electron chi connectivity index (χ3n) is 11.4. The van der Waals surface area contributed by atoms with E-state index in [-0.39, 0.29) is 0 Å². The lowest BCUT2D eigenvalue weighted by Gasteiger charge is -2.22. The highest BCUT2D eigenvalue weighted by molar-refractivity contribution is 5.91. The van der Waals surface area contributed by atoms with Crippen LogP contribution >= 0.6 is 0 Å². The van der Waals surface area contributed by atoms with Gasteiger partial charge in [0.25, 0.3) is 0 Å². The van der Waals surface area contributed by atoms with Crippen molar-refractivity contribution in [3.05, 3.63) is 228 Å². The summed E-state index contributed by atoms with van der Waals surface area (Å²) in [6, 6.07) is 67.3. The highest BCUT2D eigenvalue weighted by Gasteiger charge is 2.18. The Labute approximate surface area is 396 Å². The van der Waals surface area contributed by atoms with Crippen LogP contribution in [0, 0.1) is 33.6 Å². The maximum absolute atomic E-state index is 2.37. The molecule has 8 rings (SSSR count). The topological polar surface area (TPSA) is 0 Å². The molecule has 1 unspecified atom stereocenters. The molecule has 0 fully saturated rings. The largest absolute Gasteiger partial charge is 0.0919 e. The molecule has 0 aliphatic carbocycles. The van der Waals surface area contributed by atoms with E-state index in [1.54, 1.807) is 0 Å². The molecule has 0 aromatic heterocycles. The van der Waals surface area contributed by atoms with Crippen LogP contribution in [0.4, 0.5) is 0 Å². The van der Waals surface area contributed by atoms with Crippen LogP contribution < -0.4 is 0 Å². The summed E-state index contributed by atoms with van der Waals surface area (Å²) in [7, 11) is 0. The summed E-state index contributed by atoms with van der Waals surface area (Å²) in [5.74, 6) is 1.35. The van der Waals surface area contributed by atoms with Gasteiger partial charge in [0.05, 0.1) is 0 Å². The van der Waals surface area contributed by atoms with Crippen molar-refractivity contribution >= 4 is 10.8 Å². The second kappa shape index (κ2) is 29.3. The third kappa shape index (κ3) is 17.3. The van der Waals surface area contributed by atoms with Gasteiger partial charge in [0.15, 0.2) is 0 Å². The number of benzene rings is 8. The minimum Gasteiger partial charge on any atom is -0.0919 e. The molecule has 0 saturated carbocycles. The van der Waals surface area contributed by atoms with Crippen molar-refractivity contribution < 1.29 is 0 Å². The lowest BCUT2D eigenvalue weighted by Crippen LogP contribution is -2.00. The summed E-state index contributed by atoms with van der Waals surface area (Å²) in [6.45, 7) is 27.9. The first kappa shape index (κ1) is 53.1. The van der Waals surface area contributed by atoms with Gasteiger partial charge in [0.2, 0.25) is 0 Å². The van der Waals surface area contributed by atoms with Crippen molar-refractivity contribution in [1.29, 1.82) is 0 Å². The zero-order chi connectivity index (χ0) is 47.6. The van der Waals surface area contributed by atoms with E-state index in [2.05, 4.69) is 226 Å². The van der Waals surface area contributed by atoms with Crippen LogP contribution in [0.5, 0.6) is 0 Å². The van der Waals surface area contributed by atoms with E-state index < -0.39 is 0 Å². The van der Waals surface area contributed by atoms with E-state index in [9.17, 15) is 0 Å². The van der Waals surface area contributed by atoms with Crippen LogP contribution in [0.15, 0.2) is 200 Å². The summed E-state index contributed by atoms with van der Waals surface area (Å²) in [6.07, 6.45) is 6.41. The van der Waals surface area contributed by atoms with Crippen LogP contribution in [-0.4, -0.2) is 0 Å². The molecule has 338 valence electrons. The summed E-state index contributed by atoms with van der Waals surface area (Å²) in [5.41, 5.74) is 17.1. The van der Waals surface area contributed by atoms with E-state index in [0.717, 1.165) is 12.3 Å². The van der Waals surface area contributed by atoms with Gasteiger partial charge in [-0.3, -0.25) is 0 Å². The minimum absolute atomic E-state index is 0.467. The van der Waals surface area contributed by atoms with E-state index in [1.807, 2.05) is 64.1 Å². The molecule has 0 aliphatic heterocycles. The second-order valence-corrected chi connectivity index (χ2v) is 16.9. The maximum atomic E-state index is 2.37. The molecule has 0 nitrogen and oxygen atoms in total. The predicted octanol–water partition coefficient (Wildman–Crippen LogP) is 20.3. The predicted molar refractivity (Wildman–Crippen MR) is 293 cm³/mol. The fourth-order valence-electron chi connectivity index (χ4n) is 7.01. The average Bonchev–Trinajstić information content (AvgIpc) is 3.35. The van der Waals surface area contributed by atoms with Gasteiger partial charge in [0, 0.05) is 0 Å². The lowest BCUT2D eigenvalue weighted by molar-refractivity contribution is 0.626. The first-order valence-corrected chi connectivity index (χ1v) is 24.0. The number of allylic oxidation sites excluding steroid dienone is 2. The summed E-state index contributed by atoms with van der Waals surface area (Å²) < 4.78 is 0. The zero-order valence-corrected chi connectivity index (χ0v) is 42.1. The Kier molecular flexibility index (Phi) is 23.9. The molecule has 1 atom stereocenters. The Bertz CT molecular complexity index is 2530. The highest BCUT2D eigenvalue weighted by atomic mass is 14.2. The Morgan fingerprint density at radius 3 is 1.28 bits per heavy atom. The van der Waals surface area contributed by atoms with Gasteiger partial charge in [-0.25, -0.2) is 0 Å². The van der Waals surface area contributed by atoms with Crippen molar-refractivity contribution in [3.63, 3.8) is 0 Å². The van der Waals surface area contributed by atoms with E-state index >= 15 is 0 Å². The summed E-state index contributed by atoms with van der Waals surface area (Å²) in [5, 5.41) is 2.60. The molecular weight excluding hydrogens is 781 g/mol. The fourth-order valence-corrected chi connectivity index (χ4v) is 7.01. The monoisotopic (exact) mass is 859 g/mol. The Morgan fingerprint density at radius 2 is 0.785 bits per heavy atom. The molecule has 0 heteroatoms. The maximum Gasteiger partial charge on any atom is -0.0140 e. The summed E-state index contributed by atoms with van der Waals surface area (Å²) >= 11 is 0. The number of hydrogen-bond donors (Lipinski definition) is 0. The number of hydrogen-bond acceptors (Lipinski definition) is 0. The van der Waals surface area contributed by atoms with Crippen LogP contribution in [-0.2, 0) is 0 Å². The molecule has 0 amide bonds. The molecule has 0 spiro atoms. The Morgan fingerprint density at radius 1 is 0.369 bits per heavy atom. The normalized spacial score (nSPS) is 10.7. The van der Waals surface area contributed by atoms with Gasteiger partial charge in [-0.2, -0.15) is 0 Å². The van der Waals surface area contributed by atoms with E-state index in [1.165, 1.54) is 89.5 Å². The molecule has 0 radical (unpaired) electrons. The Balaban J connectivity index is 0.000000293. The fraction of sp³-hybridized carbons (Fsp3) is 0.262. The van der Waals surface area contributed by atoms with E-state index in [4.69, 9.17) is 0 Å². The van der Waals surface area contributed by atoms with Crippen LogP contribution in [0.25, 0.3) is 55.3 Å². The number of rotatable bonds is 7. The Hall–Kier alpha value is -6.24. The van der Waals surface area contributed by atoms with Crippen molar-refractivity contribution in [1.82, 2.24) is 0 Å². The number of fused-ring (bicyclic) bond motifs is 1. The quantitative estimate of drug-likeness (QED) is 0.140. The van der Waals surface area contributed by atoms with E-state index in [0.29, 0.717) is 5.92 Å². The van der Waals surface area contributed by atoms with Crippen molar-refractivity contribution in [2.24, 2.45) is 5.92 Å². The molecular formula is C65H78. The molecule has 65 heavy (non-hydrogen) atoms. The minimum atomic E-state index is 0.467. The molecule has 0 bridgehead atoms. The molecule has 0 N–H and O–H groups in total. The molecule has 0 aliphatic rings. The standard InChI is InChI=1S/C34H32.C13H12.C7H8.C5H12.C4H8.C2H6/c1-5-24(3)34-31(28-19-17-27(18-20-28)26-15-13-23(2)14-16-26)11-8-12-32(34)33-22-30-10-7-6-9-29(30)21-25(33)4;1-11-6-5-9-13(10-11)12-7-3-2-4-8-12;1-7-5-3-2-4-6-7;1-4-5(2)3;1-3-4-2;1-2/h6-22,24H,5H2,1-4H3;2-10H,1H3;2-6H,1H3;5H,4H2,1-3H3;3-4H,1-2H3;1-2H3/b;;;;4-3-;. The van der Waals surface area contributed by atoms with Gasteiger partial charge in [-0.15, -0.1) is 0 Å². The molecule has 8 aromatic rings. The average molecular weight is 859 g/mol. The van der Waals surface area contributed by atoms with Gasteiger partial charge < -0.3 is 0 Å². The van der Waals surface area contributed by atoms with Crippen LogP contribution in [0.1, 0.15) is 109 Å². The summed E-state index contributed by atoms with van der Waals surface area (Å²) in [4.78, 5) is 0. The molecule has 0 saturated heterocycles. The third-order valence-corrected chi connectivity index (χ3v) is 11.4. The smallest absolute Gasteiger partial charge is 0.0140 e. The van der Waals surface area contributed by atoms with Gasteiger partial charge in [-0.05, 0) is 132 Å². The zero-order valence-electron chi connectivity index (χ0n) is 42.1. The van der Waals surface area contributed by atoms with Gasteiger partial charge in [0.1, 0.15) is 0 Å². The lowest BCUT2D eigenvalue weighted by atomic mass is 9.82. The SMILES string of the molecule is C/C=C\C.CC.CCC(C)C.CCC(C)c1c(-c2ccc(-c3ccc(C)cc3)cc2)cccc1-c1cc2ccccc2cc1C.Cc1cccc(-c2ccccc2)c1.Cc1ccccc1. The van der Waals surface area contributed by atoms with Gasteiger partial charge >= 0.3 is 0 Å². The van der Waals surface area contributed by atoms with Crippen molar-refractivity contribution in [3.8, 4) is 44.5 Å². The van der Waals surface area contributed by atoms with Crippen molar-refractivity contribution in [2.45, 2.75) is 109 Å². The van der Waals surface area contributed by atoms with Crippen LogP contribution in [0.3, 0.4) is 0 Å². The second-order valence-electron chi connectivity index (χ2n) is 16.9. The molecule has 0 heterocycles. The highest BCUT2D eigenvalue weighted by Crippen LogP contribution is 2.41. The van der Waals surface area contributed by atoms with Crippen molar-refractivity contribution in [2.75, 3.05) is 0 Å². The van der Waals surface area contributed by atoms with Crippen LogP contribution in [0.2, 0.25) is 0 Å².